The smallest absolute Gasteiger partial charge is 0.227 e. The number of carbonyl (C=O) groups is 1. The lowest BCUT2D eigenvalue weighted by molar-refractivity contribution is -0.162. The van der Waals surface area contributed by atoms with Gasteiger partial charge in [0.05, 0.1) is 37.9 Å². The normalized spacial score (nSPS) is 26.6. The fraction of sp³-hybridized carbons (Fsp3) is 0.650. The van der Waals surface area contributed by atoms with E-state index in [1.807, 2.05) is 18.7 Å². The summed E-state index contributed by atoms with van der Waals surface area (Å²) in [6.07, 6.45) is 3.60. The van der Waals surface area contributed by atoms with E-state index in [1.54, 1.807) is 12.1 Å². The molecule has 1 saturated carbocycles. The molecule has 2 atom stereocenters. The van der Waals surface area contributed by atoms with Crippen LogP contribution in [0.5, 0.6) is 0 Å². The molecule has 0 unspecified atom stereocenters. The number of benzene rings is 1. The third-order valence-corrected chi connectivity index (χ3v) is 5.33. The van der Waals surface area contributed by atoms with Gasteiger partial charge in [0.15, 0.2) is 0 Å². The van der Waals surface area contributed by atoms with Crippen molar-refractivity contribution in [1.29, 1.82) is 0 Å². The maximum atomic E-state index is 13.3. The SMILES string of the molecule is CC(C)OC[C@@H]1CCC[C@@]12CN(C(=O)Cc1cccc(F)c1)CCO2. The van der Waals surface area contributed by atoms with Crippen LogP contribution in [0.4, 0.5) is 4.39 Å². The molecule has 5 heteroatoms. The van der Waals surface area contributed by atoms with Crippen molar-refractivity contribution in [3.05, 3.63) is 35.6 Å². The van der Waals surface area contributed by atoms with E-state index in [2.05, 4.69) is 0 Å². The zero-order valence-electron chi connectivity index (χ0n) is 15.2. The number of hydrogen-bond donors (Lipinski definition) is 0. The number of ether oxygens (including phenoxy) is 2. The molecule has 0 aromatic heterocycles. The molecule has 1 saturated heterocycles. The van der Waals surface area contributed by atoms with E-state index in [1.165, 1.54) is 12.1 Å². The van der Waals surface area contributed by atoms with Crippen molar-refractivity contribution < 1.29 is 18.7 Å². The molecule has 1 aliphatic heterocycles. The first kappa shape index (κ1) is 18.3. The van der Waals surface area contributed by atoms with Gasteiger partial charge in [-0.2, -0.15) is 0 Å². The van der Waals surface area contributed by atoms with E-state index in [0.29, 0.717) is 32.2 Å². The molecule has 25 heavy (non-hydrogen) atoms. The van der Waals surface area contributed by atoms with Gasteiger partial charge in [-0.15, -0.1) is 0 Å². The molecule has 0 radical (unpaired) electrons. The van der Waals surface area contributed by atoms with Crippen molar-refractivity contribution in [3.8, 4) is 0 Å². The van der Waals surface area contributed by atoms with Crippen molar-refractivity contribution in [1.82, 2.24) is 4.90 Å². The summed E-state index contributed by atoms with van der Waals surface area (Å²) in [4.78, 5) is 14.6. The van der Waals surface area contributed by atoms with Crippen LogP contribution in [0.25, 0.3) is 0 Å². The topological polar surface area (TPSA) is 38.8 Å². The maximum absolute atomic E-state index is 13.3. The molecular weight excluding hydrogens is 321 g/mol. The third-order valence-electron chi connectivity index (χ3n) is 5.33. The number of carbonyl (C=O) groups excluding carboxylic acids is 1. The molecule has 0 bridgehead atoms. The summed E-state index contributed by atoms with van der Waals surface area (Å²) < 4.78 is 25.4. The number of amides is 1. The number of halogens is 1. The van der Waals surface area contributed by atoms with Crippen LogP contribution < -0.4 is 0 Å². The Morgan fingerprint density at radius 1 is 1.48 bits per heavy atom. The van der Waals surface area contributed by atoms with Crippen molar-refractivity contribution >= 4 is 5.91 Å². The largest absolute Gasteiger partial charge is 0.378 e. The van der Waals surface area contributed by atoms with Crippen LogP contribution in [0.15, 0.2) is 24.3 Å². The fourth-order valence-electron chi connectivity index (χ4n) is 4.01. The van der Waals surface area contributed by atoms with E-state index < -0.39 is 0 Å². The standard InChI is InChI=1S/C20H28FNO3/c1-15(2)24-13-17-6-4-8-20(17)14-22(9-10-25-20)19(23)12-16-5-3-7-18(21)11-16/h3,5,7,11,15,17H,4,6,8-10,12-14H2,1-2H3/t17-,20+/m0/s1. The molecule has 0 N–H and O–H groups in total. The van der Waals surface area contributed by atoms with Gasteiger partial charge in [-0.3, -0.25) is 4.79 Å². The predicted molar refractivity (Wildman–Crippen MR) is 93.8 cm³/mol. The van der Waals surface area contributed by atoms with Crippen LogP contribution in [0.1, 0.15) is 38.7 Å². The highest BCUT2D eigenvalue weighted by molar-refractivity contribution is 5.79. The Kier molecular flexibility index (Phi) is 5.74. The lowest BCUT2D eigenvalue weighted by Crippen LogP contribution is -2.56. The van der Waals surface area contributed by atoms with Gasteiger partial charge in [-0.05, 0) is 44.4 Å². The highest BCUT2D eigenvalue weighted by atomic mass is 19.1. The van der Waals surface area contributed by atoms with Crippen molar-refractivity contribution in [2.45, 2.75) is 51.2 Å². The van der Waals surface area contributed by atoms with Gasteiger partial charge in [0.1, 0.15) is 5.82 Å². The Balaban J connectivity index is 1.64. The molecule has 1 heterocycles. The molecule has 2 fully saturated rings. The maximum Gasteiger partial charge on any atom is 0.227 e. The first-order valence-corrected chi connectivity index (χ1v) is 9.26. The van der Waals surface area contributed by atoms with Crippen LogP contribution in [-0.2, 0) is 20.7 Å². The quantitative estimate of drug-likeness (QED) is 0.819. The fourth-order valence-corrected chi connectivity index (χ4v) is 4.01. The lowest BCUT2D eigenvalue weighted by atomic mass is 9.89. The first-order chi connectivity index (χ1) is 12.0. The monoisotopic (exact) mass is 349 g/mol. The summed E-state index contributed by atoms with van der Waals surface area (Å²) >= 11 is 0. The molecule has 2 aliphatic rings. The second-order valence-corrected chi connectivity index (χ2v) is 7.51. The number of morpholine rings is 1. The van der Waals surface area contributed by atoms with Crippen LogP contribution in [0.3, 0.4) is 0 Å². The van der Waals surface area contributed by atoms with E-state index in [-0.39, 0.29) is 29.9 Å². The lowest BCUT2D eigenvalue weighted by Gasteiger charge is -2.44. The summed E-state index contributed by atoms with van der Waals surface area (Å²) in [6.45, 7) is 6.55. The summed E-state index contributed by atoms with van der Waals surface area (Å²) in [5, 5.41) is 0. The predicted octanol–water partition coefficient (Wildman–Crippen LogP) is 3.19. The van der Waals surface area contributed by atoms with Gasteiger partial charge in [-0.1, -0.05) is 18.6 Å². The summed E-state index contributed by atoms with van der Waals surface area (Å²) in [7, 11) is 0. The first-order valence-electron chi connectivity index (χ1n) is 9.26. The molecular formula is C20H28FNO3. The van der Waals surface area contributed by atoms with Crippen LogP contribution in [-0.4, -0.2) is 48.8 Å². The van der Waals surface area contributed by atoms with Gasteiger partial charge in [0.2, 0.25) is 5.91 Å². The molecule has 1 aromatic carbocycles. The Morgan fingerprint density at radius 2 is 2.32 bits per heavy atom. The Hall–Kier alpha value is -1.46. The van der Waals surface area contributed by atoms with Gasteiger partial charge in [0.25, 0.3) is 0 Å². The minimum absolute atomic E-state index is 0.0451. The van der Waals surface area contributed by atoms with Crippen LogP contribution in [0.2, 0.25) is 0 Å². The zero-order valence-corrected chi connectivity index (χ0v) is 15.2. The second-order valence-electron chi connectivity index (χ2n) is 7.51. The van der Waals surface area contributed by atoms with Gasteiger partial charge < -0.3 is 14.4 Å². The van der Waals surface area contributed by atoms with E-state index in [4.69, 9.17) is 9.47 Å². The van der Waals surface area contributed by atoms with Crippen molar-refractivity contribution in [2.24, 2.45) is 5.92 Å². The number of rotatable bonds is 5. The highest BCUT2D eigenvalue weighted by Gasteiger charge is 2.47. The molecule has 3 rings (SSSR count). The molecule has 1 aliphatic carbocycles. The number of nitrogens with zero attached hydrogens (tertiary/aromatic N) is 1. The van der Waals surface area contributed by atoms with Crippen molar-refractivity contribution in [3.63, 3.8) is 0 Å². The number of hydrogen-bond acceptors (Lipinski definition) is 3. The molecule has 1 amide bonds. The summed E-state index contributed by atoms with van der Waals surface area (Å²) in [6, 6.07) is 6.28. The molecule has 1 spiro atoms. The van der Waals surface area contributed by atoms with E-state index >= 15 is 0 Å². The third kappa shape index (κ3) is 4.39. The average molecular weight is 349 g/mol. The average Bonchev–Trinajstić information content (AvgIpc) is 2.94. The van der Waals surface area contributed by atoms with Crippen LogP contribution >= 0.6 is 0 Å². The highest BCUT2D eigenvalue weighted by Crippen LogP contribution is 2.41. The Morgan fingerprint density at radius 3 is 3.08 bits per heavy atom. The molecule has 1 aromatic rings. The van der Waals surface area contributed by atoms with Crippen LogP contribution in [0, 0.1) is 11.7 Å². The van der Waals surface area contributed by atoms with E-state index in [0.717, 1.165) is 24.8 Å². The summed E-state index contributed by atoms with van der Waals surface area (Å²) in [5.41, 5.74) is 0.446. The molecule has 4 nitrogen and oxygen atoms in total. The van der Waals surface area contributed by atoms with Gasteiger partial charge in [0, 0.05) is 12.5 Å². The van der Waals surface area contributed by atoms with E-state index in [9.17, 15) is 9.18 Å². The molecule has 138 valence electrons. The zero-order chi connectivity index (χ0) is 17.9. The minimum atomic E-state index is -0.301. The van der Waals surface area contributed by atoms with Gasteiger partial charge >= 0.3 is 0 Å². The Bertz CT molecular complexity index is 606. The Labute approximate surface area is 149 Å². The minimum Gasteiger partial charge on any atom is -0.378 e. The van der Waals surface area contributed by atoms with Gasteiger partial charge in [-0.25, -0.2) is 4.39 Å². The second kappa shape index (κ2) is 7.83. The summed E-state index contributed by atoms with van der Waals surface area (Å²) in [5.74, 6) is 0.0776. The van der Waals surface area contributed by atoms with Crippen molar-refractivity contribution in [2.75, 3.05) is 26.3 Å².